The van der Waals surface area contributed by atoms with Crippen LogP contribution in [0.15, 0.2) is 255 Å². The van der Waals surface area contributed by atoms with E-state index in [1.807, 2.05) is 0 Å². The number of hydrogen-bond donors (Lipinski definition) is 0. The van der Waals surface area contributed by atoms with Gasteiger partial charge in [-0.25, -0.2) is 0 Å². The van der Waals surface area contributed by atoms with E-state index in [1.54, 1.807) is 0 Å². The van der Waals surface area contributed by atoms with Gasteiger partial charge in [0.15, 0.2) is 0 Å². The number of para-hydroxylation sites is 2. The second-order valence-corrected chi connectivity index (χ2v) is 22.8. The Bertz CT molecular complexity index is 4420. The molecule has 0 fully saturated rings. The minimum Gasteiger partial charge on any atom is -0.310 e. The van der Waals surface area contributed by atoms with Gasteiger partial charge in [0.2, 0.25) is 0 Å². The fourth-order valence-corrected chi connectivity index (χ4v) is 14.8. The average Bonchev–Trinajstić information content (AvgIpc) is 4.42. The summed E-state index contributed by atoms with van der Waals surface area (Å²) in [4.78, 5) is 2.48. The van der Waals surface area contributed by atoms with Crippen molar-refractivity contribution >= 4 is 50.0 Å². The molecule has 12 aromatic rings. The van der Waals surface area contributed by atoms with Crippen LogP contribution in [0.25, 0.3) is 83.1 Å². The standard InChI is InChI=1S/C75H54N2/c1-73(2)63-25-13-11-24-60(63)71-72(73)61-41-36-50(44-67(61)74(71,3)4)49-32-30-47(31-33-49)48-34-37-52(38-35-48)76(53-40-43-70-62(45-53)59-23-12-17-29-69(59)77(70)51-18-6-5-7-19-51)54-39-42-58-57-22-10-16-28-66(57)75(68(58)46-54)64-26-14-8-20-55(64)56-21-9-15-27-65(56)75/h5-46H,1-4H3. The highest BCUT2D eigenvalue weighted by molar-refractivity contribution is 6.12. The molecule has 2 heteroatoms. The largest absolute Gasteiger partial charge is 0.310 e. The lowest BCUT2D eigenvalue weighted by Gasteiger charge is -2.32. The highest BCUT2D eigenvalue weighted by Gasteiger charge is 2.52. The molecule has 16 rings (SSSR count). The Balaban J connectivity index is 0.814. The van der Waals surface area contributed by atoms with Crippen LogP contribution >= 0.6 is 0 Å². The van der Waals surface area contributed by atoms with Gasteiger partial charge in [0.25, 0.3) is 0 Å². The monoisotopic (exact) mass is 982 g/mol. The Morgan fingerprint density at radius 3 is 1.36 bits per heavy atom. The molecule has 0 saturated heterocycles. The summed E-state index contributed by atoms with van der Waals surface area (Å²) >= 11 is 0. The van der Waals surface area contributed by atoms with Crippen LogP contribution in [0.1, 0.15) is 72.2 Å². The number of rotatable bonds is 6. The lowest BCUT2D eigenvalue weighted by Crippen LogP contribution is -2.26. The molecule has 4 aliphatic rings. The van der Waals surface area contributed by atoms with E-state index in [2.05, 4.69) is 292 Å². The summed E-state index contributed by atoms with van der Waals surface area (Å²) in [5.74, 6) is 0. The number of anilines is 3. The van der Waals surface area contributed by atoms with Crippen LogP contribution in [0.4, 0.5) is 17.1 Å². The molecule has 1 spiro atoms. The topological polar surface area (TPSA) is 8.17 Å². The van der Waals surface area contributed by atoms with E-state index in [1.165, 1.54) is 122 Å². The van der Waals surface area contributed by atoms with Crippen LogP contribution in [0.5, 0.6) is 0 Å². The van der Waals surface area contributed by atoms with Gasteiger partial charge in [-0.2, -0.15) is 0 Å². The maximum Gasteiger partial charge on any atom is 0.0726 e. The number of aromatic nitrogens is 1. The lowest BCUT2D eigenvalue weighted by molar-refractivity contribution is 0.694. The maximum atomic E-state index is 2.50. The molecule has 0 N–H and O–H groups in total. The molecule has 77 heavy (non-hydrogen) atoms. The fraction of sp³-hybridized carbons (Fsp3) is 0.0933. The zero-order chi connectivity index (χ0) is 51.4. The second-order valence-electron chi connectivity index (χ2n) is 22.8. The highest BCUT2D eigenvalue weighted by Crippen LogP contribution is 2.65. The molecule has 4 aliphatic carbocycles. The zero-order valence-electron chi connectivity index (χ0n) is 43.6. The van der Waals surface area contributed by atoms with Crippen molar-refractivity contribution in [1.29, 1.82) is 0 Å². The molecule has 0 amide bonds. The van der Waals surface area contributed by atoms with Crippen LogP contribution in [-0.2, 0) is 16.2 Å². The predicted molar refractivity (Wildman–Crippen MR) is 322 cm³/mol. The van der Waals surface area contributed by atoms with Crippen molar-refractivity contribution in [3.63, 3.8) is 0 Å². The summed E-state index contributed by atoms with van der Waals surface area (Å²) < 4.78 is 2.40. The van der Waals surface area contributed by atoms with Gasteiger partial charge in [-0.3, -0.25) is 0 Å². The van der Waals surface area contributed by atoms with Gasteiger partial charge in [-0.05, 0) is 167 Å². The van der Waals surface area contributed by atoms with E-state index < -0.39 is 5.41 Å². The van der Waals surface area contributed by atoms with Crippen LogP contribution in [-0.4, -0.2) is 4.57 Å². The van der Waals surface area contributed by atoms with Crippen molar-refractivity contribution in [2.45, 2.75) is 43.9 Å². The van der Waals surface area contributed by atoms with Gasteiger partial charge in [0, 0.05) is 44.4 Å². The van der Waals surface area contributed by atoms with Crippen LogP contribution in [0, 0.1) is 0 Å². The first-order valence-corrected chi connectivity index (χ1v) is 27.2. The molecule has 1 aromatic heterocycles. The van der Waals surface area contributed by atoms with E-state index in [0.717, 1.165) is 22.7 Å². The maximum absolute atomic E-state index is 2.50. The first-order valence-electron chi connectivity index (χ1n) is 27.2. The van der Waals surface area contributed by atoms with Gasteiger partial charge in [-0.1, -0.05) is 216 Å². The molecule has 11 aromatic carbocycles. The Hall–Kier alpha value is -9.24. The minimum absolute atomic E-state index is 0.0338. The first-order chi connectivity index (χ1) is 37.7. The van der Waals surface area contributed by atoms with Crippen molar-refractivity contribution in [1.82, 2.24) is 4.57 Å². The third-order valence-corrected chi connectivity index (χ3v) is 18.2. The van der Waals surface area contributed by atoms with Crippen molar-refractivity contribution in [2.24, 2.45) is 0 Å². The third kappa shape index (κ3) is 5.96. The first kappa shape index (κ1) is 44.1. The summed E-state index contributed by atoms with van der Waals surface area (Å²) in [6, 6.07) is 95.8. The van der Waals surface area contributed by atoms with Crippen molar-refractivity contribution < 1.29 is 0 Å². The molecule has 0 aliphatic heterocycles. The summed E-state index contributed by atoms with van der Waals surface area (Å²) in [5.41, 5.74) is 30.4. The molecule has 1 heterocycles. The molecule has 0 saturated carbocycles. The van der Waals surface area contributed by atoms with Gasteiger partial charge < -0.3 is 9.47 Å². The Labute approximate surface area is 450 Å². The average molecular weight is 983 g/mol. The number of hydrogen-bond acceptors (Lipinski definition) is 1. The normalized spacial score (nSPS) is 15.3. The van der Waals surface area contributed by atoms with Crippen molar-refractivity contribution in [2.75, 3.05) is 4.90 Å². The van der Waals surface area contributed by atoms with Gasteiger partial charge in [0.1, 0.15) is 0 Å². The molecule has 0 atom stereocenters. The van der Waals surface area contributed by atoms with Crippen LogP contribution in [0.2, 0.25) is 0 Å². The van der Waals surface area contributed by atoms with Gasteiger partial charge >= 0.3 is 0 Å². The quantitative estimate of drug-likeness (QED) is 0.161. The van der Waals surface area contributed by atoms with E-state index in [9.17, 15) is 0 Å². The van der Waals surface area contributed by atoms with Crippen LogP contribution < -0.4 is 4.90 Å². The molecule has 0 unspecified atom stereocenters. The van der Waals surface area contributed by atoms with Gasteiger partial charge in [0.05, 0.1) is 16.4 Å². The SMILES string of the molecule is CC1(C)C2=C(c3ccccc31)C(C)(C)c1cc(-c3ccc(-c4ccc(N(c5ccc6c(c5)C5(c7ccccc7-c7ccccc75)c5ccccc5-6)c5ccc6c(c5)c5ccccc5n6-c5ccccc5)cc4)cc3)ccc12. The molecule has 0 bridgehead atoms. The van der Waals surface area contributed by atoms with E-state index in [4.69, 9.17) is 0 Å². The Morgan fingerprint density at radius 1 is 0.286 bits per heavy atom. The number of benzene rings is 11. The van der Waals surface area contributed by atoms with Gasteiger partial charge in [-0.15, -0.1) is 0 Å². The second kappa shape index (κ2) is 15.9. The lowest BCUT2D eigenvalue weighted by atomic mass is 9.70. The zero-order valence-corrected chi connectivity index (χ0v) is 43.6. The van der Waals surface area contributed by atoms with E-state index in [0.29, 0.717) is 0 Å². The smallest absolute Gasteiger partial charge is 0.0726 e. The fourth-order valence-electron chi connectivity index (χ4n) is 14.8. The third-order valence-electron chi connectivity index (χ3n) is 18.2. The summed E-state index contributed by atoms with van der Waals surface area (Å²) in [5, 5.41) is 2.45. The minimum atomic E-state index is -0.458. The predicted octanol–water partition coefficient (Wildman–Crippen LogP) is 19.4. The number of allylic oxidation sites excluding steroid dienone is 2. The Kier molecular flexibility index (Phi) is 9.10. The molecular formula is C75H54N2. The Morgan fingerprint density at radius 2 is 0.714 bits per heavy atom. The number of fused-ring (bicyclic) bond motifs is 17. The molecule has 0 radical (unpaired) electrons. The summed E-state index contributed by atoms with van der Waals surface area (Å²) in [6.07, 6.45) is 0. The van der Waals surface area contributed by atoms with Crippen molar-refractivity contribution in [3.8, 4) is 50.2 Å². The summed E-state index contributed by atoms with van der Waals surface area (Å²) in [6.45, 7) is 9.64. The highest BCUT2D eigenvalue weighted by atomic mass is 15.1. The van der Waals surface area contributed by atoms with Crippen LogP contribution in [0.3, 0.4) is 0 Å². The molecular weight excluding hydrogens is 929 g/mol. The number of nitrogens with zero attached hydrogens (tertiary/aromatic N) is 2. The molecule has 2 nitrogen and oxygen atoms in total. The summed E-state index contributed by atoms with van der Waals surface area (Å²) in [7, 11) is 0. The van der Waals surface area contributed by atoms with Crippen molar-refractivity contribution in [3.05, 3.63) is 299 Å². The molecule has 364 valence electrons. The van der Waals surface area contributed by atoms with E-state index >= 15 is 0 Å². The van der Waals surface area contributed by atoms with E-state index in [-0.39, 0.29) is 10.8 Å².